The number of carbonyl (C=O) groups excluding carboxylic acids is 2. The molecule has 0 heterocycles. The fourth-order valence-electron chi connectivity index (χ4n) is 3.32. The highest BCUT2D eigenvalue weighted by molar-refractivity contribution is 5.89. The summed E-state index contributed by atoms with van der Waals surface area (Å²) in [6.45, 7) is 6.21. The van der Waals surface area contributed by atoms with Crippen LogP contribution >= 0.6 is 0 Å². The number of benzene rings is 2. The number of hydrogen-bond donors (Lipinski definition) is 0. The molecular weight excluding hydrogens is 364 g/mol. The van der Waals surface area contributed by atoms with Crippen LogP contribution in [0, 0.1) is 5.92 Å². The van der Waals surface area contributed by atoms with Crippen LogP contribution in [0.2, 0.25) is 0 Å². The molecule has 2 unspecified atom stereocenters. The molecule has 0 N–H and O–H groups in total. The summed E-state index contributed by atoms with van der Waals surface area (Å²) in [5, 5.41) is 0. The van der Waals surface area contributed by atoms with Crippen LogP contribution in [0.1, 0.15) is 73.6 Å². The molecule has 0 bridgehead atoms. The minimum absolute atomic E-state index is 0.189. The van der Waals surface area contributed by atoms with Crippen molar-refractivity contribution in [3.8, 4) is 0 Å². The highest BCUT2D eigenvalue weighted by Gasteiger charge is 2.21. The molecule has 0 saturated carbocycles. The van der Waals surface area contributed by atoms with E-state index >= 15 is 0 Å². The molecular formula is C25H32O4. The third-order valence-electron chi connectivity index (χ3n) is 5.25. The lowest BCUT2D eigenvalue weighted by molar-refractivity contribution is 0.0104. The van der Waals surface area contributed by atoms with Gasteiger partial charge in [-0.05, 0) is 56.4 Å². The van der Waals surface area contributed by atoms with Crippen LogP contribution in [0.4, 0.5) is 0 Å². The van der Waals surface area contributed by atoms with Gasteiger partial charge in [0.15, 0.2) is 0 Å². The van der Waals surface area contributed by atoms with Crippen molar-refractivity contribution in [1.82, 2.24) is 0 Å². The van der Waals surface area contributed by atoms with Crippen LogP contribution in [0.25, 0.3) is 0 Å². The Labute approximate surface area is 174 Å². The molecule has 2 aromatic rings. The maximum absolute atomic E-state index is 12.5. The summed E-state index contributed by atoms with van der Waals surface area (Å²) in [7, 11) is 0. The third kappa shape index (κ3) is 7.72. The lowest BCUT2D eigenvalue weighted by Crippen LogP contribution is -2.24. The maximum Gasteiger partial charge on any atom is 0.338 e. The summed E-state index contributed by atoms with van der Waals surface area (Å²) in [5.74, 6) is -0.114. The monoisotopic (exact) mass is 396 g/mol. The number of ether oxygens (including phenoxy) is 2. The zero-order valence-electron chi connectivity index (χ0n) is 17.7. The van der Waals surface area contributed by atoms with Gasteiger partial charge in [0.25, 0.3) is 0 Å². The van der Waals surface area contributed by atoms with Crippen molar-refractivity contribution in [1.29, 1.82) is 0 Å². The summed E-state index contributed by atoms with van der Waals surface area (Å²) < 4.78 is 11.4. The van der Waals surface area contributed by atoms with E-state index in [1.807, 2.05) is 43.3 Å². The molecule has 29 heavy (non-hydrogen) atoms. The first-order chi connectivity index (χ1) is 14.0. The lowest BCUT2D eigenvalue weighted by atomic mass is 9.93. The zero-order valence-corrected chi connectivity index (χ0v) is 17.7. The Balaban J connectivity index is 1.93. The van der Waals surface area contributed by atoms with Crippen LogP contribution in [0.5, 0.6) is 0 Å². The molecule has 2 atom stereocenters. The zero-order chi connectivity index (χ0) is 21.1. The van der Waals surface area contributed by atoms with Crippen LogP contribution < -0.4 is 0 Å². The van der Waals surface area contributed by atoms with Crippen LogP contribution in [-0.4, -0.2) is 24.1 Å². The summed E-state index contributed by atoms with van der Waals surface area (Å²) in [4.78, 5) is 24.7. The first-order valence-electron chi connectivity index (χ1n) is 10.6. The average molecular weight is 397 g/mol. The van der Waals surface area contributed by atoms with Gasteiger partial charge >= 0.3 is 11.9 Å². The fourth-order valence-corrected chi connectivity index (χ4v) is 3.32. The Hall–Kier alpha value is -2.62. The second-order valence-electron chi connectivity index (χ2n) is 7.47. The van der Waals surface area contributed by atoms with E-state index < -0.39 is 0 Å². The number of rotatable bonds is 11. The molecule has 0 aliphatic heterocycles. The van der Waals surface area contributed by atoms with Gasteiger partial charge in [-0.3, -0.25) is 0 Å². The van der Waals surface area contributed by atoms with E-state index in [2.05, 4.69) is 13.8 Å². The molecule has 0 radical (unpaired) electrons. The molecule has 0 aliphatic carbocycles. The predicted octanol–water partition coefficient (Wildman–Crippen LogP) is 6.06. The largest absolute Gasteiger partial charge is 0.459 e. The number of esters is 2. The minimum Gasteiger partial charge on any atom is -0.459 e. The summed E-state index contributed by atoms with van der Waals surface area (Å²) in [5.41, 5.74) is 1.11. The van der Waals surface area contributed by atoms with E-state index in [0.29, 0.717) is 29.9 Å². The summed E-state index contributed by atoms with van der Waals surface area (Å²) in [6.07, 6.45) is 3.80. The van der Waals surface area contributed by atoms with Crippen LogP contribution in [0.15, 0.2) is 60.7 Å². The molecule has 0 amide bonds. The number of carbonyl (C=O) groups is 2. The van der Waals surface area contributed by atoms with Gasteiger partial charge in [0.05, 0.1) is 17.2 Å². The van der Waals surface area contributed by atoms with Gasteiger partial charge in [0.2, 0.25) is 0 Å². The van der Waals surface area contributed by atoms with Gasteiger partial charge in [-0.1, -0.05) is 63.1 Å². The Bertz CT molecular complexity index is 738. The first-order valence-corrected chi connectivity index (χ1v) is 10.6. The molecule has 2 rings (SSSR count). The van der Waals surface area contributed by atoms with Gasteiger partial charge < -0.3 is 9.47 Å². The topological polar surface area (TPSA) is 52.6 Å². The van der Waals surface area contributed by atoms with Gasteiger partial charge in [-0.25, -0.2) is 9.59 Å². The molecule has 4 heteroatoms. The van der Waals surface area contributed by atoms with Crippen molar-refractivity contribution in [2.24, 2.45) is 5.92 Å². The Morgan fingerprint density at radius 3 is 1.72 bits per heavy atom. The predicted molar refractivity (Wildman–Crippen MR) is 115 cm³/mol. The third-order valence-corrected chi connectivity index (χ3v) is 5.25. The van der Waals surface area contributed by atoms with Gasteiger partial charge in [0.1, 0.15) is 6.10 Å². The summed E-state index contributed by atoms with van der Waals surface area (Å²) in [6, 6.07) is 18.0. The quantitative estimate of drug-likeness (QED) is 0.433. The van der Waals surface area contributed by atoms with E-state index in [1.165, 1.54) is 0 Å². The normalized spacial score (nSPS) is 13.0. The second-order valence-corrected chi connectivity index (χ2v) is 7.47. The van der Waals surface area contributed by atoms with Crippen molar-refractivity contribution >= 4 is 11.9 Å². The molecule has 0 saturated heterocycles. The average Bonchev–Trinajstić information content (AvgIpc) is 2.76. The second kappa shape index (κ2) is 12.1. The van der Waals surface area contributed by atoms with E-state index in [9.17, 15) is 9.59 Å². The highest BCUT2D eigenvalue weighted by atomic mass is 16.5. The van der Waals surface area contributed by atoms with E-state index in [1.54, 1.807) is 24.3 Å². The molecule has 0 aliphatic rings. The Morgan fingerprint density at radius 2 is 1.24 bits per heavy atom. The van der Waals surface area contributed by atoms with Gasteiger partial charge in [-0.15, -0.1) is 0 Å². The van der Waals surface area contributed by atoms with Crippen molar-refractivity contribution in [3.63, 3.8) is 0 Å². The van der Waals surface area contributed by atoms with E-state index in [0.717, 1.165) is 19.3 Å². The lowest BCUT2D eigenvalue weighted by Gasteiger charge is -2.24. The van der Waals surface area contributed by atoms with Crippen LogP contribution in [0.3, 0.4) is 0 Å². The van der Waals surface area contributed by atoms with Crippen molar-refractivity contribution < 1.29 is 19.1 Å². The standard InChI is InChI=1S/C25H32O4/c1-4-20(5-2)18-23(29-25(27)22-14-10-7-11-15-22)17-16-19(3)28-24(26)21-12-8-6-9-13-21/h6-15,19-20,23H,4-5,16-18H2,1-3H3. The SMILES string of the molecule is CCC(CC)CC(CCC(C)OC(=O)c1ccccc1)OC(=O)c1ccccc1. The van der Waals surface area contributed by atoms with E-state index in [4.69, 9.17) is 9.47 Å². The fraction of sp³-hybridized carbons (Fsp3) is 0.440. The first kappa shape index (κ1) is 22.7. The smallest absolute Gasteiger partial charge is 0.338 e. The molecule has 0 fully saturated rings. The molecule has 2 aromatic carbocycles. The highest BCUT2D eigenvalue weighted by Crippen LogP contribution is 2.22. The molecule has 0 aromatic heterocycles. The Kier molecular flexibility index (Phi) is 9.42. The van der Waals surface area contributed by atoms with Crippen LogP contribution in [-0.2, 0) is 9.47 Å². The van der Waals surface area contributed by atoms with Crippen molar-refractivity contribution in [3.05, 3.63) is 71.8 Å². The summed E-state index contributed by atoms with van der Waals surface area (Å²) >= 11 is 0. The van der Waals surface area contributed by atoms with Crippen molar-refractivity contribution in [2.75, 3.05) is 0 Å². The maximum atomic E-state index is 12.5. The Morgan fingerprint density at radius 1 is 0.759 bits per heavy atom. The van der Waals surface area contributed by atoms with Crippen molar-refractivity contribution in [2.45, 2.75) is 65.1 Å². The molecule has 4 nitrogen and oxygen atoms in total. The molecule has 156 valence electrons. The van der Waals surface area contributed by atoms with Gasteiger partial charge in [-0.2, -0.15) is 0 Å². The number of hydrogen-bond acceptors (Lipinski definition) is 4. The van der Waals surface area contributed by atoms with Gasteiger partial charge in [0, 0.05) is 0 Å². The molecule has 0 spiro atoms. The van der Waals surface area contributed by atoms with E-state index in [-0.39, 0.29) is 24.1 Å². The minimum atomic E-state index is -0.323.